The molecule has 0 aliphatic carbocycles. The zero-order chi connectivity index (χ0) is 26.1. The van der Waals surface area contributed by atoms with Gasteiger partial charge in [-0.3, -0.25) is 9.36 Å². The van der Waals surface area contributed by atoms with Crippen molar-refractivity contribution in [3.05, 3.63) is 94.9 Å². The topological polar surface area (TPSA) is 76.0 Å². The van der Waals surface area contributed by atoms with Gasteiger partial charge >= 0.3 is 5.97 Å². The SMILES string of the molecule is COC(=O)c1c(-c2cc(OC)c(OC)c(OC)c2)c2ccccc2c(=O)n1-c1ccc2ccccc2c1. The van der Waals surface area contributed by atoms with Crippen LogP contribution in [0.1, 0.15) is 10.5 Å². The molecule has 0 saturated heterocycles. The molecular weight excluding hydrogens is 470 g/mol. The van der Waals surface area contributed by atoms with Gasteiger partial charge in [0.2, 0.25) is 5.75 Å². The van der Waals surface area contributed by atoms with Crippen LogP contribution in [-0.2, 0) is 4.74 Å². The predicted molar refractivity (Wildman–Crippen MR) is 143 cm³/mol. The summed E-state index contributed by atoms with van der Waals surface area (Å²) in [6.07, 6.45) is 0. The van der Waals surface area contributed by atoms with E-state index in [1.165, 1.54) is 33.0 Å². The number of benzene rings is 4. The first-order valence-corrected chi connectivity index (χ1v) is 11.6. The molecule has 0 bridgehead atoms. The van der Waals surface area contributed by atoms with Gasteiger partial charge in [-0.05, 0) is 52.1 Å². The average molecular weight is 496 g/mol. The van der Waals surface area contributed by atoms with Gasteiger partial charge in [0.25, 0.3) is 5.56 Å². The van der Waals surface area contributed by atoms with Crippen molar-refractivity contribution in [1.29, 1.82) is 0 Å². The predicted octanol–water partition coefficient (Wildman–Crippen LogP) is 5.62. The highest BCUT2D eigenvalue weighted by molar-refractivity contribution is 6.07. The van der Waals surface area contributed by atoms with Gasteiger partial charge in [0.15, 0.2) is 11.5 Å². The van der Waals surface area contributed by atoms with E-state index in [1.807, 2.05) is 54.6 Å². The standard InChI is InChI=1S/C30H25NO6/c1-34-24-16-20(17-25(35-2)28(24)36-3)26-22-11-7-8-12-23(22)29(32)31(27(26)30(33)37-4)21-14-13-18-9-5-6-10-19(18)15-21/h5-17H,1-4H3. The second kappa shape index (κ2) is 9.70. The molecule has 0 unspecified atom stereocenters. The molecule has 5 rings (SSSR count). The molecule has 37 heavy (non-hydrogen) atoms. The van der Waals surface area contributed by atoms with Crippen LogP contribution in [0.2, 0.25) is 0 Å². The second-order valence-electron chi connectivity index (χ2n) is 8.35. The molecule has 0 atom stereocenters. The number of methoxy groups -OCH3 is 4. The minimum atomic E-state index is -0.653. The highest BCUT2D eigenvalue weighted by Crippen LogP contribution is 2.43. The molecule has 5 aromatic rings. The van der Waals surface area contributed by atoms with E-state index in [0.717, 1.165) is 10.8 Å². The fraction of sp³-hybridized carbons (Fsp3) is 0.133. The maximum Gasteiger partial charge on any atom is 0.355 e. The minimum absolute atomic E-state index is 0.0933. The number of hydrogen-bond acceptors (Lipinski definition) is 6. The summed E-state index contributed by atoms with van der Waals surface area (Å²) in [6, 6.07) is 24.2. The summed E-state index contributed by atoms with van der Waals surface area (Å²) >= 11 is 0. The van der Waals surface area contributed by atoms with E-state index in [0.29, 0.717) is 44.8 Å². The van der Waals surface area contributed by atoms with Crippen LogP contribution in [0.5, 0.6) is 17.2 Å². The zero-order valence-electron chi connectivity index (χ0n) is 20.9. The number of rotatable bonds is 6. The Hall–Kier alpha value is -4.78. The number of pyridine rings is 1. The van der Waals surface area contributed by atoms with Crippen LogP contribution in [-0.4, -0.2) is 39.0 Å². The van der Waals surface area contributed by atoms with E-state index in [4.69, 9.17) is 18.9 Å². The lowest BCUT2D eigenvalue weighted by Gasteiger charge is -2.20. The number of hydrogen-bond donors (Lipinski definition) is 0. The van der Waals surface area contributed by atoms with E-state index in [-0.39, 0.29) is 11.3 Å². The fourth-order valence-corrected chi connectivity index (χ4v) is 4.72. The normalized spacial score (nSPS) is 10.9. The van der Waals surface area contributed by atoms with Gasteiger partial charge < -0.3 is 18.9 Å². The van der Waals surface area contributed by atoms with Crippen LogP contribution in [0.3, 0.4) is 0 Å². The van der Waals surface area contributed by atoms with E-state index >= 15 is 0 Å². The maximum absolute atomic E-state index is 13.9. The van der Waals surface area contributed by atoms with Crippen molar-refractivity contribution in [3.8, 4) is 34.1 Å². The smallest absolute Gasteiger partial charge is 0.355 e. The molecule has 0 N–H and O–H groups in total. The van der Waals surface area contributed by atoms with Gasteiger partial charge in [-0.15, -0.1) is 0 Å². The lowest BCUT2D eigenvalue weighted by atomic mass is 9.95. The van der Waals surface area contributed by atoms with Crippen LogP contribution in [0.4, 0.5) is 0 Å². The first kappa shape index (κ1) is 23.9. The van der Waals surface area contributed by atoms with Crippen LogP contribution < -0.4 is 19.8 Å². The Labute approximate surface area is 213 Å². The summed E-state index contributed by atoms with van der Waals surface area (Å²) < 4.78 is 23.3. The van der Waals surface area contributed by atoms with E-state index in [2.05, 4.69) is 0 Å². The summed E-state index contributed by atoms with van der Waals surface area (Å²) in [5.74, 6) is 0.598. The summed E-state index contributed by atoms with van der Waals surface area (Å²) in [5.41, 5.74) is 1.41. The van der Waals surface area contributed by atoms with E-state index < -0.39 is 5.97 Å². The molecule has 1 heterocycles. The first-order chi connectivity index (χ1) is 18.0. The Morgan fingerprint density at radius 1 is 0.703 bits per heavy atom. The van der Waals surface area contributed by atoms with Crippen molar-refractivity contribution in [2.75, 3.05) is 28.4 Å². The fourth-order valence-electron chi connectivity index (χ4n) is 4.72. The second-order valence-corrected chi connectivity index (χ2v) is 8.35. The van der Waals surface area contributed by atoms with Gasteiger partial charge in [0, 0.05) is 10.9 Å². The first-order valence-electron chi connectivity index (χ1n) is 11.6. The van der Waals surface area contributed by atoms with Crippen LogP contribution >= 0.6 is 0 Å². The summed E-state index contributed by atoms with van der Waals surface area (Å²) in [5, 5.41) is 3.00. The van der Waals surface area contributed by atoms with Crippen molar-refractivity contribution in [3.63, 3.8) is 0 Å². The third-order valence-electron chi connectivity index (χ3n) is 6.41. The van der Waals surface area contributed by atoms with Crippen molar-refractivity contribution in [2.45, 2.75) is 0 Å². The van der Waals surface area contributed by atoms with Gasteiger partial charge in [-0.1, -0.05) is 48.5 Å². The van der Waals surface area contributed by atoms with Gasteiger partial charge in [0.1, 0.15) is 5.69 Å². The molecule has 7 nitrogen and oxygen atoms in total. The molecule has 0 spiro atoms. The monoisotopic (exact) mass is 495 g/mol. The van der Waals surface area contributed by atoms with Gasteiger partial charge in [0.05, 0.1) is 34.1 Å². The zero-order valence-corrected chi connectivity index (χ0v) is 20.9. The van der Waals surface area contributed by atoms with Crippen molar-refractivity contribution >= 4 is 27.5 Å². The molecule has 4 aromatic carbocycles. The molecular formula is C30H25NO6. The number of carbonyl (C=O) groups excluding carboxylic acids is 1. The molecule has 0 fully saturated rings. The molecule has 7 heteroatoms. The minimum Gasteiger partial charge on any atom is -0.493 e. The summed E-state index contributed by atoms with van der Waals surface area (Å²) in [6.45, 7) is 0. The molecule has 0 aliphatic rings. The highest BCUT2D eigenvalue weighted by atomic mass is 16.5. The molecule has 1 aromatic heterocycles. The summed E-state index contributed by atoms with van der Waals surface area (Å²) in [7, 11) is 5.87. The van der Waals surface area contributed by atoms with E-state index in [1.54, 1.807) is 24.3 Å². The van der Waals surface area contributed by atoms with E-state index in [9.17, 15) is 9.59 Å². The van der Waals surface area contributed by atoms with Gasteiger partial charge in [-0.25, -0.2) is 4.79 Å². The Kier molecular flexibility index (Phi) is 6.27. The maximum atomic E-state index is 13.9. The van der Waals surface area contributed by atoms with Crippen LogP contribution in [0.25, 0.3) is 38.4 Å². The molecule has 0 radical (unpaired) electrons. The van der Waals surface area contributed by atoms with Crippen LogP contribution in [0.15, 0.2) is 83.7 Å². The Morgan fingerprint density at radius 2 is 1.32 bits per heavy atom. The molecule has 0 aliphatic heterocycles. The van der Waals surface area contributed by atoms with Crippen LogP contribution in [0, 0.1) is 0 Å². The molecule has 186 valence electrons. The third kappa shape index (κ3) is 3.94. The number of nitrogens with zero attached hydrogens (tertiary/aromatic N) is 1. The number of fused-ring (bicyclic) bond motifs is 2. The largest absolute Gasteiger partial charge is 0.493 e. The van der Waals surface area contributed by atoms with Crippen molar-refractivity contribution < 1.29 is 23.7 Å². The number of aromatic nitrogens is 1. The molecule has 0 amide bonds. The molecule has 0 saturated carbocycles. The Balaban J connectivity index is 1.96. The lowest BCUT2D eigenvalue weighted by molar-refractivity contribution is 0.0591. The highest BCUT2D eigenvalue weighted by Gasteiger charge is 2.27. The van der Waals surface area contributed by atoms with Gasteiger partial charge in [-0.2, -0.15) is 0 Å². The number of esters is 1. The lowest BCUT2D eigenvalue weighted by Crippen LogP contribution is -2.26. The van der Waals surface area contributed by atoms with Crippen molar-refractivity contribution in [2.24, 2.45) is 0 Å². The third-order valence-corrected chi connectivity index (χ3v) is 6.41. The Bertz CT molecular complexity index is 1690. The summed E-state index contributed by atoms with van der Waals surface area (Å²) in [4.78, 5) is 27.3. The number of carbonyl (C=O) groups is 1. The average Bonchev–Trinajstić information content (AvgIpc) is 2.95. The number of ether oxygens (including phenoxy) is 4. The quantitative estimate of drug-likeness (QED) is 0.285. The Morgan fingerprint density at radius 3 is 1.95 bits per heavy atom. The van der Waals surface area contributed by atoms with Crippen molar-refractivity contribution in [1.82, 2.24) is 4.57 Å².